The highest BCUT2D eigenvalue weighted by Gasteiger charge is 2.25. The fraction of sp³-hybridized carbons (Fsp3) is 0.538. The minimum Gasteiger partial charge on any atom is -0.495 e. The molecular formula is C13H22N2O3S. The summed E-state index contributed by atoms with van der Waals surface area (Å²) in [6.45, 7) is 6.00. The Morgan fingerprint density at radius 1 is 1.26 bits per heavy atom. The molecule has 0 aliphatic rings. The zero-order chi connectivity index (χ0) is 14.7. The number of sulfonamides is 1. The Morgan fingerprint density at radius 3 is 2.37 bits per heavy atom. The van der Waals surface area contributed by atoms with Crippen LogP contribution in [0.15, 0.2) is 23.1 Å². The molecule has 0 aliphatic heterocycles. The van der Waals surface area contributed by atoms with Crippen LogP contribution in [-0.4, -0.2) is 28.1 Å². The molecule has 0 amide bonds. The van der Waals surface area contributed by atoms with E-state index in [4.69, 9.17) is 4.74 Å². The van der Waals surface area contributed by atoms with E-state index in [1.165, 1.54) is 7.11 Å². The average molecular weight is 286 g/mol. The lowest BCUT2D eigenvalue weighted by atomic mass is 10.1. The number of ether oxygens (including phenoxy) is 1. The van der Waals surface area contributed by atoms with Gasteiger partial charge in [0.15, 0.2) is 0 Å². The number of nitrogens with one attached hydrogen (secondary N) is 2. The Balaban J connectivity index is 3.26. The van der Waals surface area contributed by atoms with Gasteiger partial charge in [-0.25, -0.2) is 13.1 Å². The molecule has 0 unspecified atom stereocenters. The smallest absolute Gasteiger partial charge is 0.244 e. The van der Waals surface area contributed by atoms with Gasteiger partial charge in [0.05, 0.1) is 7.11 Å². The molecule has 108 valence electrons. The van der Waals surface area contributed by atoms with E-state index in [-0.39, 0.29) is 4.90 Å². The SMILES string of the molecule is CNCc1ccc(OC)c(S(=O)(=O)NC(C)(C)C)c1. The first-order chi connectivity index (χ1) is 8.69. The lowest BCUT2D eigenvalue weighted by molar-refractivity contribution is 0.400. The lowest BCUT2D eigenvalue weighted by Crippen LogP contribution is -2.40. The molecule has 0 saturated carbocycles. The van der Waals surface area contributed by atoms with E-state index in [9.17, 15) is 8.42 Å². The van der Waals surface area contributed by atoms with Gasteiger partial charge in [0, 0.05) is 12.1 Å². The maximum atomic E-state index is 12.4. The topological polar surface area (TPSA) is 67.4 Å². The van der Waals surface area contributed by atoms with E-state index in [1.807, 2.05) is 13.1 Å². The molecule has 0 heterocycles. The third-order valence-electron chi connectivity index (χ3n) is 2.34. The number of hydrogen-bond acceptors (Lipinski definition) is 4. The molecule has 0 aliphatic carbocycles. The molecule has 19 heavy (non-hydrogen) atoms. The zero-order valence-corrected chi connectivity index (χ0v) is 12.9. The van der Waals surface area contributed by atoms with Gasteiger partial charge in [-0.05, 0) is 45.5 Å². The quantitative estimate of drug-likeness (QED) is 0.860. The van der Waals surface area contributed by atoms with Crippen LogP contribution in [0.5, 0.6) is 5.75 Å². The number of rotatable bonds is 5. The van der Waals surface area contributed by atoms with E-state index in [0.29, 0.717) is 12.3 Å². The molecule has 0 radical (unpaired) electrons. The fourth-order valence-corrected chi connectivity index (χ4v) is 3.34. The minimum atomic E-state index is -3.60. The molecule has 6 heteroatoms. The Morgan fingerprint density at radius 2 is 1.89 bits per heavy atom. The van der Waals surface area contributed by atoms with Crippen LogP contribution >= 0.6 is 0 Å². The van der Waals surface area contributed by atoms with Crippen molar-refractivity contribution in [3.05, 3.63) is 23.8 Å². The molecule has 0 aromatic heterocycles. The van der Waals surface area contributed by atoms with E-state index >= 15 is 0 Å². The molecule has 1 rings (SSSR count). The van der Waals surface area contributed by atoms with Crippen LogP contribution in [0.25, 0.3) is 0 Å². The molecule has 2 N–H and O–H groups in total. The van der Waals surface area contributed by atoms with Crippen molar-refractivity contribution in [3.63, 3.8) is 0 Å². The minimum absolute atomic E-state index is 0.165. The van der Waals surface area contributed by atoms with Crippen LogP contribution in [0.3, 0.4) is 0 Å². The average Bonchev–Trinajstić information content (AvgIpc) is 2.26. The number of methoxy groups -OCH3 is 1. The van der Waals surface area contributed by atoms with Crippen molar-refractivity contribution >= 4 is 10.0 Å². The molecule has 0 bridgehead atoms. The van der Waals surface area contributed by atoms with Crippen LogP contribution in [0.2, 0.25) is 0 Å². The number of hydrogen-bond donors (Lipinski definition) is 2. The third kappa shape index (κ3) is 4.49. The molecule has 0 atom stereocenters. The second-order valence-electron chi connectivity index (χ2n) is 5.37. The van der Waals surface area contributed by atoms with Crippen LogP contribution < -0.4 is 14.8 Å². The summed E-state index contributed by atoms with van der Waals surface area (Å²) in [6.07, 6.45) is 0. The normalized spacial score (nSPS) is 12.5. The Bertz CT molecular complexity index is 533. The Kier molecular flexibility index (Phi) is 4.95. The van der Waals surface area contributed by atoms with Crippen molar-refractivity contribution in [1.29, 1.82) is 0 Å². The van der Waals surface area contributed by atoms with Gasteiger partial charge in [-0.3, -0.25) is 0 Å². The van der Waals surface area contributed by atoms with Crippen molar-refractivity contribution in [1.82, 2.24) is 10.0 Å². The summed E-state index contributed by atoms with van der Waals surface area (Å²) in [5.41, 5.74) is 0.348. The molecule has 1 aromatic rings. The third-order valence-corrected chi connectivity index (χ3v) is 4.12. The van der Waals surface area contributed by atoms with Gasteiger partial charge >= 0.3 is 0 Å². The van der Waals surface area contributed by atoms with Crippen molar-refractivity contribution in [3.8, 4) is 5.75 Å². The lowest BCUT2D eigenvalue weighted by Gasteiger charge is -2.21. The van der Waals surface area contributed by atoms with E-state index in [2.05, 4.69) is 10.0 Å². The van der Waals surface area contributed by atoms with Crippen LogP contribution in [-0.2, 0) is 16.6 Å². The van der Waals surface area contributed by atoms with Gasteiger partial charge in [0.2, 0.25) is 10.0 Å². The van der Waals surface area contributed by atoms with Gasteiger partial charge in [-0.2, -0.15) is 0 Å². The summed E-state index contributed by atoms with van der Waals surface area (Å²) in [6, 6.07) is 5.14. The molecule has 1 aromatic carbocycles. The molecule has 0 saturated heterocycles. The maximum absolute atomic E-state index is 12.4. The van der Waals surface area contributed by atoms with E-state index in [1.54, 1.807) is 32.9 Å². The summed E-state index contributed by atoms with van der Waals surface area (Å²) in [5.74, 6) is 0.344. The summed E-state index contributed by atoms with van der Waals surface area (Å²) in [5, 5.41) is 2.99. The highest BCUT2D eigenvalue weighted by atomic mass is 32.2. The zero-order valence-electron chi connectivity index (χ0n) is 12.1. The predicted octanol–water partition coefficient (Wildman–Crippen LogP) is 1.49. The monoisotopic (exact) mass is 286 g/mol. The first-order valence-corrected chi connectivity index (χ1v) is 7.53. The van der Waals surface area contributed by atoms with Crippen molar-refractivity contribution in [2.45, 2.75) is 37.8 Å². The highest BCUT2D eigenvalue weighted by molar-refractivity contribution is 7.89. The van der Waals surface area contributed by atoms with Crippen molar-refractivity contribution in [2.75, 3.05) is 14.2 Å². The first-order valence-electron chi connectivity index (χ1n) is 6.05. The van der Waals surface area contributed by atoms with Gasteiger partial charge in [-0.1, -0.05) is 6.07 Å². The maximum Gasteiger partial charge on any atom is 0.244 e. The summed E-state index contributed by atoms with van der Waals surface area (Å²) < 4.78 is 32.5. The van der Waals surface area contributed by atoms with Gasteiger partial charge in [0.25, 0.3) is 0 Å². The van der Waals surface area contributed by atoms with Gasteiger partial charge < -0.3 is 10.1 Å². The second-order valence-corrected chi connectivity index (χ2v) is 7.02. The molecule has 0 spiro atoms. The fourth-order valence-electron chi connectivity index (χ4n) is 1.70. The van der Waals surface area contributed by atoms with Gasteiger partial charge in [-0.15, -0.1) is 0 Å². The summed E-state index contributed by atoms with van der Waals surface area (Å²) in [7, 11) is -0.332. The second kappa shape index (κ2) is 5.90. The summed E-state index contributed by atoms with van der Waals surface area (Å²) in [4.78, 5) is 0.165. The van der Waals surface area contributed by atoms with Crippen molar-refractivity contribution < 1.29 is 13.2 Å². The largest absolute Gasteiger partial charge is 0.495 e. The van der Waals surface area contributed by atoms with Gasteiger partial charge in [0.1, 0.15) is 10.6 Å². The van der Waals surface area contributed by atoms with Crippen LogP contribution in [0, 0.1) is 0 Å². The number of benzene rings is 1. The predicted molar refractivity (Wildman–Crippen MR) is 75.8 cm³/mol. The molecular weight excluding hydrogens is 264 g/mol. The first kappa shape index (κ1) is 15.9. The van der Waals surface area contributed by atoms with Crippen LogP contribution in [0.1, 0.15) is 26.3 Å². The standard InChI is InChI=1S/C13H22N2O3S/c1-13(2,3)15-19(16,17)12-8-10(9-14-4)6-7-11(12)18-5/h6-8,14-15H,9H2,1-5H3. The Hall–Kier alpha value is -1.11. The van der Waals surface area contributed by atoms with E-state index < -0.39 is 15.6 Å². The van der Waals surface area contributed by atoms with Crippen LogP contribution in [0.4, 0.5) is 0 Å². The highest BCUT2D eigenvalue weighted by Crippen LogP contribution is 2.25. The summed E-state index contributed by atoms with van der Waals surface area (Å²) >= 11 is 0. The molecule has 5 nitrogen and oxygen atoms in total. The molecule has 0 fully saturated rings. The van der Waals surface area contributed by atoms with E-state index in [0.717, 1.165) is 5.56 Å². The Labute approximate surface area is 115 Å². The van der Waals surface area contributed by atoms with Crippen molar-refractivity contribution in [2.24, 2.45) is 0 Å².